The van der Waals surface area contributed by atoms with E-state index in [1.54, 1.807) is 18.5 Å². The van der Waals surface area contributed by atoms with Crippen molar-refractivity contribution in [3.8, 4) is 11.3 Å². The van der Waals surface area contributed by atoms with E-state index in [1.807, 2.05) is 10.6 Å². The molecule has 0 spiro atoms. The van der Waals surface area contributed by atoms with Crippen LogP contribution in [-0.2, 0) is 0 Å². The highest BCUT2D eigenvalue weighted by atomic mass is 32.1. The summed E-state index contributed by atoms with van der Waals surface area (Å²) in [6.07, 6.45) is 7.02. The number of nitrogens with two attached hydrogens (primary N) is 1. The number of imidazole rings is 1. The van der Waals surface area contributed by atoms with Gasteiger partial charge in [-0.15, -0.1) is 5.10 Å². The Bertz CT molecular complexity index is 803. The first-order valence-electron chi connectivity index (χ1n) is 7.70. The molecule has 23 heavy (non-hydrogen) atoms. The van der Waals surface area contributed by atoms with Gasteiger partial charge in [-0.2, -0.15) is 0 Å². The number of anilines is 2. The summed E-state index contributed by atoms with van der Waals surface area (Å²) in [7, 11) is 0. The van der Waals surface area contributed by atoms with E-state index in [1.165, 1.54) is 11.3 Å². The number of hydrogen-bond donors (Lipinski definition) is 3. The van der Waals surface area contributed by atoms with Crippen molar-refractivity contribution in [2.45, 2.75) is 37.8 Å². The van der Waals surface area contributed by atoms with Crippen molar-refractivity contribution in [1.29, 1.82) is 0 Å². The van der Waals surface area contributed by atoms with Crippen LogP contribution in [0.25, 0.3) is 16.2 Å². The molecule has 3 aromatic rings. The second kappa shape index (κ2) is 5.78. The molecule has 1 saturated carbocycles. The Labute approximate surface area is 137 Å². The van der Waals surface area contributed by atoms with E-state index in [0.717, 1.165) is 47.0 Å². The highest BCUT2D eigenvalue weighted by Crippen LogP contribution is 2.28. The number of nitrogens with one attached hydrogen (secondary N) is 1. The number of aromatic nitrogens is 4. The van der Waals surface area contributed by atoms with Crippen molar-refractivity contribution in [2.75, 3.05) is 11.1 Å². The third kappa shape index (κ3) is 2.87. The van der Waals surface area contributed by atoms with Crippen LogP contribution in [0.2, 0.25) is 0 Å². The molecule has 0 aromatic carbocycles. The van der Waals surface area contributed by atoms with Crippen molar-refractivity contribution in [3.63, 3.8) is 0 Å². The maximum Gasteiger partial charge on any atom is 0.214 e. The standard InChI is InChI=1S/C15H18N6OS/c16-13-6-1-9(7-17-13)12-8-18-15-21(12)20-14(23-15)19-10-2-4-11(22)5-3-10/h1,6-8,10-11,22H,2-5H2,(H2,16,17)(H,19,20). The van der Waals surface area contributed by atoms with Crippen LogP contribution in [0.5, 0.6) is 0 Å². The number of pyridine rings is 1. The molecular weight excluding hydrogens is 312 g/mol. The molecule has 0 radical (unpaired) electrons. The maximum atomic E-state index is 9.59. The van der Waals surface area contributed by atoms with Crippen LogP contribution in [0.1, 0.15) is 25.7 Å². The first kappa shape index (κ1) is 14.4. The molecule has 4 N–H and O–H groups in total. The number of aliphatic hydroxyl groups is 1. The molecule has 8 heteroatoms. The number of nitrogens with zero attached hydrogens (tertiary/aromatic N) is 4. The van der Waals surface area contributed by atoms with Crippen molar-refractivity contribution >= 4 is 27.2 Å². The van der Waals surface area contributed by atoms with Gasteiger partial charge in [0.2, 0.25) is 10.1 Å². The Morgan fingerprint density at radius 3 is 2.74 bits per heavy atom. The molecule has 1 fully saturated rings. The van der Waals surface area contributed by atoms with Crippen molar-refractivity contribution in [2.24, 2.45) is 0 Å². The average molecular weight is 330 g/mol. The van der Waals surface area contributed by atoms with Gasteiger partial charge in [0.25, 0.3) is 0 Å². The summed E-state index contributed by atoms with van der Waals surface area (Å²) in [6, 6.07) is 4.06. The largest absolute Gasteiger partial charge is 0.393 e. The lowest BCUT2D eigenvalue weighted by molar-refractivity contribution is 0.126. The number of fused-ring (bicyclic) bond motifs is 1. The third-order valence-electron chi connectivity index (χ3n) is 4.19. The third-order valence-corrected chi connectivity index (χ3v) is 5.05. The first-order valence-corrected chi connectivity index (χ1v) is 8.52. The Hall–Kier alpha value is -2.19. The Morgan fingerprint density at radius 1 is 1.17 bits per heavy atom. The van der Waals surface area contributed by atoms with Crippen LogP contribution >= 0.6 is 11.3 Å². The zero-order valence-electron chi connectivity index (χ0n) is 12.5. The molecule has 0 atom stereocenters. The van der Waals surface area contributed by atoms with Gasteiger partial charge in [-0.05, 0) is 37.8 Å². The SMILES string of the molecule is Nc1ccc(-c2cnc3sc(NC4CCC(O)CC4)nn23)cn1. The van der Waals surface area contributed by atoms with Gasteiger partial charge >= 0.3 is 0 Å². The highest BCUT2D eigenvalue weighted by Gasteiger charge is 2.21. The van der Waals surface area contributed by atoms with Gasteiger partial charge in [-0.3, -0.25) is 0 Å². The van der Waals surface area contributed by atoms with Crippen LogP contribution in [0.3, 0.4) is 0 Å². The minimum Gasteiger partial charge on any atom is -0.393 e. The fraction of sp³-hybridized carbons (Fsp3) is 0.400. The van der Waals surface area contributed by atoms with E-state index in [-0.39, 0.29) is 6.10 Å². The summed E-state index contributed by atoms with van der Waals surface area (Å²) in [5.74, 6) is 0.495. The molecule has 0 amide bonds. The van der Waals surface area contributed by atoms with Crippen LogP contribution in [0.15, 0.2) is 24.5 Å². The van der Waals surface area contributed by atoms with Crippen molar-refractivity contribution < 1.29 is 5.11 Å². The normalized spacial score (nSPS) is 21.6. The number of aliphatic hydroxyl groups excluding tert-OH is 1. The molecule has 120 valence electrons. The van der Waals surface area contributed by atoms with E-state index in [4.69, 9.17) is 5.73 Å². The molecule has 0 bridgehead atoms. The molecular formula is C15H18N6OS. The topological polar surface area (TPSA) is 101 Å². The molecule has 3 heterocycles. The zero-order chi connectivity index (χ0) is 15.8. The molecule has 4 rings (SSSR count). The average Bonchev–Trinajstić information content (AvgIpc) is 3.11. The van der Waals surface area contributed by atoms with Crippen LogP contribution in [-0.4, -0.2) is 36.8 Å². The molecule has 0 saturated heterocycles. The monoisotopic (exact) mass is 330 g/mol. The van der Waals surface area contributed by atoms with Crippen LogP contribution in [0, 0.1) is 0 Å². The molecule has 7 nitrogen and oxygen atoms in total. The van der Waals surface area contributed by atoms with Gasteiger partial charge in [-0.25, -0.2) is 14.5 Å². The number of hydrogen-bond acceptors (Lipinski definition) is 7. The smallest absolute Gasteiger partial charge is 0.214 e. The molecule has 1 aliphatic rings. The lowest BCUT2D eigenvalue weighted by Gasteiger charge is -2.25. The second-order valence-corrected chi connectivity index (χ2v) is 6.82. The summed E-state index contributed by atoms with van der Waals surface area (Å²) in [5, 5.41) is 18.5. The van der Waals surface area contributed by atoms with E-state index in [0.29, 0.717) is 11.9 Å². The Kier molecular flexibility index (Phi) is 3.62. The minimum absolute atomic E-state index is 0.147. The van der Waals surface area contributed by atoms with E-state index >= 15 is 0 Å². The van der Waals surface area contributed by atoms with E-state index < -0.39 is 0 Å². The van der Waals surface area contributed by atoms with Gasteiger partial charge in [0, 0.05) is 17.8 Å². The summed E-state index contributed by atoms with van der Waals surface area (Å²) < 4.78 is 1.83. The Balaban J connectivity index is 1.58. The predicted octanol–water partition coefficient (Wildman–Crippen LogP) is 2.15. The zero-order valence-corrected chi connectivity index (χ0v) is 13.3. The van der Waals surface area contributed by atoms with Gasteiger partial charge < -0.3 is 16.2 Å². The highest BCUT2D eigenvalue weighted by molar-refractivity contribution is 7.20. The van der Waals surface area contributed by atoms with Gasteiger partial charge in [0.1, 0.15) is 5.82 Å². The van der Waals surface area contributed by atoms with E-state index in [9.17, 15) is 5.11 Å². The maximum absolute atomic E-state index is 9.59. The predicted molar refractivity (Wildman–Crippen MR) is 90.4 cm³/mol. The van der Waals surface area contributed by atoms with Gasteiger partial charge in [-0.1, -0.05) is 11.3 Å². The summed E-state index contributed by atoms with van der Waals surface area (Å²) in [5.41, 5.74) is 7.47. The lowest BCUT2D eigenvalue weighted by Crippen LogP contribution is -2.28. The van der Waals surface area contributed by atoms with Crippen molar-refractivity contribution in [1.82, 2.24) is 19.6 Å². The quantitative estimate of drug-likeness (QED) is 0.680. The van der Waals surface area contributed by atoms with Crippen molar-refractivity contribution in [3.05, 3.63) is 24.5 Å². The summed E-state index contributed by atoms with van der Waals surface area (Å²) in [4.78, 5) is 9.39. The minimum atomic E-state index is -0.147. The van der Waals surface area contributed by atoms with Crippen LogP contribution in [0.4, 0.5) is 10.9 Å². The van der Waals surface area contributed by atoms with Gasteiger partial charge in [0.05, 0.1) is 18.0 Å². The molecule has 3 aromatic heterocycles. The van der Waals surface area contributed by atoms with Gasteiger partial charge in [0.15, 0.2) is 0 Å². The van der Waals surface area contributed by atoms with Crippen LogP contribution < -0.4 is 11.1 Å². The summed E-state index contributed by atoms with van der Waals surface area (Å²) >= 11 is 1.53. The molecule has 0 aliphatic heterocycles. The fourth-order valence-electron chi connectivity index (χ4n) is 2.90. The molecule has 1 aliphatic carbocycles. The second-order valence-electron chi connectivity index (χ2n) is 5.87. The molecule has 0 unspecified atom stereocenters. The first-order chi connectivity index (χ1) is 11.2. The summed E-state index contributed by atoms with van der Waals surface area (Å²) in [6.45, 7) is 0. The fourth-order valence-corrected chi connectivity index (χ4v) is 3.75. The number of rotatable bonds is 3. The Morgan fingerprint density at radius 2 is 2.00 bits per heavy atom. The van der Waals surface area contributed by atoms with E-state index in [2.05, 4.69) is 20.4 Å². The number of nitrogen functional groups attached to an aromatic ring is 1. The lowest BCUT2D eigenvalue weighted by atomic mass is 9.93.